The minimum atomic E-state index is 0.0546. The summed E-state index contributed by atoms with van der Waals surface area (Å²) in [6.45, 7) is 7.92. The molecule has 2 aliphatic rings. The Balaban J connectivity index is 1.58. The summed E-state index contributed by atoms with van der Waals surface area (Å²) < 4.78 is 7.49. The summed E-state index contributed by atoms with van der Waals surface area (Å²) in [4.78, 5) is 34.8. The zero-order valence-corrected chi connectivity index (χ0v) is 18.3. The highest BCUT2D eigenvalue weighted by Gasteiger charge is 2.27. The third-order valence-corrected chi connectivity index (χ3v) is 7.48. The molecule has 2 aromatic rings. The van der Waals surface area contributed by atoms with Crippen LogP contribution in [0.5, 0.6) is 0 Å². The second-order valence-electron chi connectivity index (χ2n) is 7.73. The maximum absolute atomic E-state index is 13.2. The van der Waals surface area contributed by atoms with Crippen molar-refractivity contribution in [3.05, 3.63) is 20.8 Å². The quantitative estimate of drug-likeness (QED) is 0.548. The second-order valence-corrected chi connectivity index (χ2v) is 9.76. The number of hydrogen-bond donors (Lipinski definition) is 0. The lowest BCUT2D eigenvalue weighted by atomic mass is 10.2. The largest absolute Gasteiger partial charge is 0.372 e. The van der Waals surface area contributed by atoms with Crippen molar-refractivity contribution in [2.45, 2.75) is 70.4 Å². The van der Waals surface area contributed by atoms with Crippen molar-refractivity contribution in [3.63, 3.8) is 0 Å². The predicted molar refractivity (Wildman–Crippen MR) is 114 cm³/mol. The van der Waals surface area contributed by atoms with Crippen LogP contribution in [0.4, 0.5) is 0 Å². The van der Waals surface area contributed by atoms with E-state index < -0.39 is 0 Å². The molecule has 0 N–H and O–H groups in total. The van der Waals surface area contributed by atoms with Gasteiger partial charge in [-0.1, -0.05) is 18.7 Å². The van der Waals surface area contributed by atoms with Crippen LogP contribution in [0.25, 0.3) is 10.2 Å². The molecule has 6 nitrogen and oxygen atoms in total. The van der Waals surface area contributed by atoms with Crippen LogP contribution in [0.2, 0.25) is 0 Å². The number of thioether (sulfide) groups is 1. The smallest absolute Gasteiger partial charge is 0.263 e. The van der Waals surface area contributed by atoms with Crippen molar-refractivity contribution in [2.75, 3.05) is 18.8 Å². The first-order valence-corrected chi connectivity index (χ1v) is 11.9. The van der Waals surface area contributed by atoms with Gasteiger partial charge in [-0.15, -0.1) is 11.3 Å². The summed E-state index contributed by atoms with van der Waals surface area (Å²) in [7, 11) is 0. The highest BCUT2D eigenvalue weighted by Crippen LogP contribution is 2.35. The molecule has 28 heavy (non-hydrogen) atoms. The molecule has 0 unspecified atom stereocenters. The number of aromatic nitrogens is 2. The van der Waals surface area contributed by atoms with Crippen LogP contribution >= 0.6 is 23.1 Å². The van der Waals surface area contributed by atoms with Crippen molar-refractivity contribution < 1.29 is 9.53 Å². The third kappa shape index (κ3) is 3.74. The molecule has 1 fully saturated rings. The lowest BCUT2D eigenvalue weighted by molar-refractivity contribution is -0.140. The number of aryl methyl sites for hydroxylation is 2. The van der Waals surface area contributed by atoms with E-state index in [4.69, 9.17) is 9.72 Å². The van der Waals surface area contributed by atoms with Crippen LogP contribution in [0.3, 0.4) is 0 Å². The van der Waals surface area contributed by atoms with Crippen LogP contribution in [-0.2, 0) is 28.9 Å². The van der Waals surface area contributed by atoms with Crippen molar-refractivity contribution in [3.8, 4) is 0 Å². The summed E-state index contributed by atoms with van der Waals surface area (Å²) in [6.07, 6.45) is 4.14. The van der Waals surface area contributed by atoms with Crippen molar-refractivity contribution in [1.82, 2.24) is 14.5 Å². The van der Waals surface area contributed by atoms with Gasteiger partial charge in [-0.25, -0.2) is 4.98 Å². The number of amides is 1. The van der Waals surface area contributed by atoms with Gasteiger partial charge in [0.05, 0.1) is 23.3 Å². The lowest BCUT2D eigenvalue weighted by Gasteiger charge is -2.35. The Morgan fingerprint density at radius 3 is 2.75 bits per heavy atom. The molecule has 2 atom stereocenters. The summed E-state index contributed by atoms with van der Waals surface area (Å²) in [6, 6.07) is 0. The Kier molecular flexibility index (Phi) is 5.81. The van der Waals surface area contributed by atoms with Crippen LogP contribution in [-0.4, -0.2) is 51.4 Å². The molecule has 0 aromatic carbocycles. The molecule has 0 spiro atoms. The average Bonchev–Trinajstić information content (AvgIpc) is 3.22. The number of hydrogen-bond acceptors (Lipinski definition) is 6. The van der Waals surface area contributed by atoms with E-state index in [-0.39, 0.29) is 23.7 Å². The molecule has 0 radical (unpaired) electrons. The van der Waals surface area contributed by atoms with Crippen molar-refractivity contribution >= 4 is 39.2 Å². The summed E-state index contributed by atoms with van der Waals surface area (Å²) in [5.41, 5.74) is 1.28. The molecule has 8 heteroatoms. The third-order valence-electron chi connectivity index (χ3n) is 5.33. The first-order chi connectivity index (χ1) is 13.5. The van der Waals surface area contributed by atoms with Crippen molar-refractivity contribution in [1.29, 1.82) is 0 Å². The normalized spacial score (nSPS) is 22.0. The topological polar surface area (TPSA) is 64.4 Å². The zero-order valence-electron chi connectivity index (χ0n) is 16.7. The molecule has 4 rings (SSSR count). The SMILES string of the molecule is CCCn1c(SCC(=O)N2C[C@@H](C)O[C@H](C)C2)nc2sc3c(c2c1=O)CCC3. The Morgan fingerprint density at radius 2 is 2.04 bits per heavy atom. The predicted octanol–water partition coefficient (Wildman–Crippen LogP) is 3.08. The minimum Gasteiger partial charge on any atom is -0.372 e. The lowest BCUT2D eigenvalue weighted by Crippen LogP contribution is -2.48. The van der Waals surface area contributed by atoms with Crippen LogP contribution in [0, 0.1) is 0 Å². The Bertz CT molecular complexity index is 942. The summed E-state index contributed by atoms with van der Waals surface area (Å²) in [5, 5.41) is 1.49. The van der Waals surface area contributed by atoms with E-state index >= 15 is 0 Å². The number of ether oxygens (including phenoxy) is 1. The van der Waals surface area contributed by atoms with Gasteiger partial charge in [-0.2, -0.15) is 0 Å². The molecule has 2 aromatic heterocycles. The van der Waals surface area contributed by atoms with E-state index in [1.807, 2.05) is 18.7 Å². The molecule has 1 aliphatic heterocycles. The number of fused-ring (bicyclic) bond motifs is 3. The monoisotopic (exact) mass is 421 g/mol. The van der Waals surface area contributed by atoms with Gasteiger partial charge in [0.1, 0.15) is 4.83 Å². The molecular formula is C20H27N3O3S2. The zero-order chi connectivity index (χ0) is 19.8. The molecular weight excluding hydrogens is 394 g/mol. The van der Waals surface area contributed by atoms with Gasteiger partial charge in [0, 0.05) is 24.5 Å². The number of carbonyl (C=O) groups is 1. The van der Waals surface area contributed by atoms with Gasteiger partial charge in [-0.05, 0) is 45.1 Å². The minimum absolute atomic E-state index is 0.0546. The number of rotatable bonds is 5. The van der Waals surface area contributed by atoms with Crippen LogP contribution < -0.4 is 5.56 Å². The van der Waals surface area contributed by atoms with E-state index in [0.29, 0.717) is 30.5 Å². The van der Waals surface area contributed by atoms with E-state index in [0.717, 1.165) is 35.9 Å². The molecule has 1 amide bonds. The molecule has 1 aliphatic carbocycles. The van der Waals surface area contributed by atoms with Crippen LogP contribution in [0.1, 0.15) is 44.1 Å². The maximum Gasteiger partial charge on any atom is 0.263 e. The van der Waals surface area contributed by atoms with E-state index in [2.05, 4.69) is 6.92 Å². The summed E-state index contributed by atoms with van der Waals surface area (Å²) >= 11 is 3.04. The highest BCUT2D eigenvalue weighted by atomic mass is 32.2. The standard InChI is InChI=1S/C20H27N3O3S2/c1-4-8-23-19(25)17-14-6-5-7-15(14)28-18(17)21-20(23)27-11-16(24)22-9-12(2)26-13(3)10-22/h12-13H,4-11H2,1-3H3/t12-,13-/m1/s1. The Morgan fingerprint density at radius 1 is 1.29 bits per heavy atom. The second kappa shape index (κ2) is 8.16. The number of carbonyl (C=O) groups excluding carboxylic acids is 1. The van der Waals surface area contributed by atoms with Gasteiger partial charge < -0.3 is 9.64 Å². The fraction of sp³-hybridized carbons (Fsp3) is 0.650. The molecule has 0 bridgehead atoms. The molecule has 0 saturated carbocycles. The number of nitrogens with zero attached hydrogens (tertiary/aromatic N) is 3. The Hall–Kier alpha value is -1.38. The van der Waals surface area contributed by atoms with E-state index in [1.54, 1.807) is 15.9 Å². The fourth-order valence-corrected chi connectivity index (χ4v) is 6.42. The van der Waals surface area contributed by atoms with Gasteiger partial charge in [0.25, 0.3) is 5.56 Å². The first kappa shape index (κ1) is 19.9. The van der Waals surface area contributed by atoms with E-state index in [9.17, 15) is 9.59 Å². The van der Waals surface area contributed by atoms with E-state index in [1.165, 1.54) is 22.2 Å². The molecule has 1 saturated heterocycles. The highest BCUT2D eigenvalue weighted by molar-refractivity contribution is 7.99. The van der Waals surface area contributed by atoms with Gasteiger partial charge in [-0.3, -0.25) is 14.2 Å². The molecule has 3 heterocycles. The van der Waals surface area contributed by atoms with Crippen molar-refractivity contribution in [2.24, 2.45) is 0 Å². The number of thiophene rings is 1. The fourth-order valence-electron chi connectivity index (χ4n) is 4.19. The Labute approximate surface area is 173 Å². The maximum atomic E-state index is 13.2. The summed E-state index contributed by atoms with van der Waals surface area (Å²) in [5.74, 6) is 0.379. The molecule has 152 valence electrons. The van der Waals surface area contributed by atoms with Crippen LogP contribution in [0.15, 0.2) is 9.95 Å². The first-order valence-electron chi connectivity index (χ1n) is 10.1. The average molecular weight is 422 g/mol. The van der Waals surface area contributed by atoms with Gasteiger partial charge >= 0.3 is 0 Å². The number of morpholine rings is 1. The van der Waals surface area contributed by atoms with Gasteiger partial charge in [0.15, 0.2) is 5.16 Å². The van der Waals surface area contributed by atoms with Gasteiger partial charge in [0.2, 0.25) is 5.91 Å².